The summed E-state index contributed by atoms with van der Waals surface area (Å²) in [5, 5.41) is 6.22. The van der Waals surface area contributed by atoms with Gasteiger partial charge < -0.3 is 20.4 Å². The van der Waals surface area contributed by atoms with Gasteiger partial charge >= 0.3 is 0 Å². The number of hydrogen-bond donors (Lipinski definition) is 4. The van der Waals surface area contributed by atoms with Crippen LogP contribution in [0.2, 0.25) is 5.02 Å². The molecule has 4 rings (SSSR count). The lowest BCUT2D eigenvalue weighted by atomic mass is 10.1. The molecule has 3 heterocycles. The minimum Gasteiger partial charge on any atom is -0.347 e. The number of pyridine rings is 1. The molecule has 2 aromatic rings. The first-order valence-corrected chi connectivity index (χ1v) is 16.1. The smallest absolute Gasteiger partial charge is 0.251 e. The molecule has 0 spiro atoms. The van der Waals surface area contributed by atoms with E-state index in [0.29, 0.717) is 67.1 Å². The number of rotatable bonds is 11. The third-order valence-corrected chi connectivity index (χ3v) is 9.22. The standard InChI is InChI=1S/C28H39ClN6O5S/c1-33(12-13-34-14-16-41(39,40)17-15-34)20-23(18-26(36)32-25-10-7-22(29)19-30-25)31-28(38)21-5-8-24(9-6-21)35-11-3-2-4-27(35)37/h5-10,19,23,39-40H,2-4,11-18,20H2,1H3,(H,31,38)(H,30,32,36). The predicted molar refractivity (Wildman–Crippen MR) is 163 cm³/mol. The van der Waals surface area contributed by atoms with Crippen molar-refractivity contribution in [1.82, 2.24) is 20.1 Å². The van der Waals surface area contributed by atoms with Gasteiger partial charge in [-0.2, -0.15) is 10.6 Å². The number of halogens is 1. The van der Waals surface area contributed by atoms with Gasteiger partial charge in [0.2, 0.25) is 11.8 Å². The maximum Gasteiger partial charge on any atom is 0.251 e. The number of piperidine rings is 1. The lowest BCUT2D eigenvalue weighted by molar-refractivity contribution is -0.119. The number of carbonyl (C=O) groups is 3. The van der Waals surface area contributed by atoms with Gasteiger partial charge in [0.25, 0.3) is 5.91 Å². The Morgan fingerprint density at radius 1 is 1.10 bits per heavy atom. The molecule has 0 saturated carbocycles. The Morgan fingerprint density at radius 3 is 2.49 bits per heavy atom. The maximum atomic E-state index is 13.2. The Hall–Kier alpha value is -2.74. The van der Waals surface area contributed by atoms with Crippen molar-refractivity contribution in [1.29, 1.82) is 0 Å². The molecule has 224 valence electrons. The number of nitrogens with one attached hydrogen (secondary N) is 2. The summed E-state index contributed by atoms with van der Waals surface area (Å²) in [6, 6.07) is 9.73. The zero-order chi connectivity index (χ0) is 29.4. The van der Waals surface area contributed by atoms with Crippen molar-refractivity contribution < 1.29 is 23.5 Å². The summed E-state index contributed by atoms with van der Waals surface area (Å²) < 4.78 is 19.7. The van der Waals surface area contributed by atoms with Crippen LogP contribution in [0.1, 0.15) is 36.0 Å². The minimum absolute atomic E-state index is 0.0331. The summed E-state index contributed by atoms with van der Waals surface area (Å²) in [4.78, 5) is 48.5. The van der Waals surface area contributed by atoms with Crippen LogP contribution in [0.25, 0.3) is 0 Å². The van der Waals surface area contributed by atoms with E-state index in [4.69, 9.17) is 11.6 Å². The van der Waals surface area contributed by atoms with Crippen molar-refractivity contribution in [3.05, 3.63) is 53.2 Å². The van der Waals surface area contributed by atoms with E-state index < -0.39 is 16.6 Å². The first-order chi connectivity index (χ1) is 19.6. The molecule has 2 aliphatic rings. The molecular formula is C28H39ClN6O5S. The van der Waals surface area contributed by atoms with Crippen LogP contribution in [0.15, 0.2) is 42.6 Å². The molecule has 1 unspecified atom stereocenters. The van der Waals surface area contributed by atoms with E-state index in [9.17, 15) is 23.5 Å². The molecule has 3 amide bonds. The van der Waals surface area contributed by atoms with E-state index >= 15 is 0 Å². The molecule has 0 bridgehead atoms. The van der Waals surface area contributed by atoms with E-state index in [2.05, 4.69) is 25.4 Å². The molecule has 0 aliphatic carbocycles. The van der Waals surface area contributed by atoms with Gasteiger partial charge in [-0.15, -0.1) is 0 Å². The monoisotopic (exact) mass is 606 g/mol. The molecule has 0 radical (unpaired) electrons. The molecule has 1 atom stereocenters. The number of nitrogens with zero attached hydrogens (tertiary/aromatic N) is 4. The molecule has 11 nitrogen and oxygen atoms in total. The lowest BCUT2D eigenvalue weighted by Crippen LogP contribution is -2.47. The van der Waals surface area contributed by atoms with Crippen molar-refractivity contribution in [2.45, 2.75) is 31.7 Å². The molecule has 4 N–H and O–H groups in total. The molecule has 2 fully saturated rings. The topological polar surface area (TPSA) is 138 Å². The summed E-state index contributed by atoms with van der Waals surface area (Å²) in [5.41, 5.74) is 1.22. The Balaban J connectivity index is 1.37. The van der Waals surface area contributed by atoms with Gasteiger partial charge in [0.1, 0.15) is 5.82 Å². The quantitative estimate of drug-likeness (QED) is 0.305. The van der Waals surface area contributed by atoms with Crippen LogP contribution >= 0.6 is 22.2 Å². The van der Waals surface area contributed by atoms with Crippen molar-refractivity contribution >= 4 is 51.4 Å². The first kappa shape index (κ1) is 31.2. The highest BCUT2D eigenvalue weighted by atomic mass is 35.5. The number of hydrogen-bond acceptors (Lipinski definition) is 8. The van der Waals surface area contributed by atoms with Crippen molar-refractivity contribution in [3.8, 4) is 0 Å². The number of benzene rings is 1. The van der Waals surface area contributed by atoms with E-state index in [1.54, 1.807) is 41.3 Å². The SMILES string of the molecule is CN(CCN1CCS(O)(O)CC1)CC(CC(=O)Nc1ccc(Cl)cn1)NC(=O)c1ccc(N2CCCCC2=O)cc1. The molecular weight excluding hydrogens is 568 g/mol. The number of carbonyl (C=O) groups excluding carboxylic acids is 3. The second-order valence-electron chi connectivity index (χ2n) is 10.6. The summed E-state index contributed by atoms with van der Waals surface area (Å²) in [7, 11) is -0.515. The Morgan fingerprint density at radius 2 is 1.83 bits per heavy atom. The van der Waals surface area contributed by atoms with Crippen molar-refractivity contribution in [2.24, 2.45) is 0 Å². The summed E-state index contributed by atoms with van der Waals surface area (Å²) in [5.74, 6) is 0.641. The van der Waals surface area contributed by atoms with Gasteiger partial charge in [0.05, 0.1) is 22.6 Å². The minimum atomic E-state index is -2.45. The average molecular weight is 607 g/mol. The molecule has 1 aromatic carbocycles. The maximum absolute atomic E-state index is 13.2. The van der Waals surface area contributed by atoms with E-state index in [0.717, 1.165) is 25.1 Å². The highest BCUT2D eigenvalue weighted by molar-refractivity contribution is 8.24. The largest absolute Gasteiger partial charge is 0.347 e. The highest BCUT2D eigenvalue weighted by Gasteiger charge is 2.24. The summed E-state index contributed by atoms with van der Waals surface area (Å²) >= 11 is 5.89. The number of amides is 3. The van der Waals surface area contributed by atoms with Crippen LogP contribution < -0.4 is 15.5 Å². The number of likely N-dealkylation sites (N-methyl/N-ethyl adjacent to an activating group) is 1. The van der Waals surface area contributed by atoms with Crippen molar-refractivity contribution in [3.63, 3.8) is 0 Å². The zero-order valence-corrected chi connectivity index (χ0v) is 24.9. The van der Waals surface area contributed by atoms with Crippen LogP contribution in [0, 0.1) is 0 Å². The molecule has 1 aromatic heterocycles. The summed E-state index contributed by atoms with van der Waals surface area (Å²) in [6.07, 6.45) is 3.88. The fraction of sp³-hybridized carbons (Fsp3) is 0.500. The van der Waals surface area contributed by atoms with E-state index in [1.807, 2.05) is 7.05 Å². The van der Waals surface area contributed by atoms with Crippen molar-refractivity contribution in [2.75, 3.05) is 68.0 Å². The van der Waals surface area contributed by atoms with Gasteiger partial charge in [-0.1, -0.05) is 11.6 Å². The van der Waals surface area contributed by atoms with Crippen LogP contribution in [0.5, 0.6) is 0 Å². The first-order valence-electron chi connectivity index (χ1n) is 13.9. The second-order valence-corrected chi connectivity index (χ2v) is 13.5. The molecule has 41 heavy (non-hydrogen) atoms. The molecule has 2 saturated heterocycles. The average Bonchev–Trinajstić information content (AvgIpc) is 2.94. The van der Waals surface area contributed by atoms with Gasteiger partial charge in [0, 0.05) is 69.6 Å². The van der Waals surface area contributed by atoms with E-state index in [-0.39, 0.29) is 24.1 Å². The van der Waals surface area contributed by atoms with E-state index in [1.165, 1.54) is 6.20 Å². The zero-order valence-electron chi connectivity index (χ0n) is 23.3. The Labute approximate surface area is 247 Å². The van der Waals surface area contributed by atoms with Gasteiger partial charge in [0.15, 0.2) is 0 Å². The van der Waals surface area contributed by atoms with Crippen LogP contribution in [-0.2, 0) is 9.59 Å². The van der Waals surface area contributed by atoms with Crippen LogP contribution in [0.4, 0.5) is 11.5 Å². The highest BCUT2D eigenvalue weighted by Crippen LogP contribution is 2.40. The van der Waals surface area contributed by atoms with Gasteiger partial charge in [-0.25, -0.2) is 4.98 Å². The third-order valence-electron chi connectivity index (χ3n) is 7.33. The fourth-order valence-electron chi connectivity index (χ4n) is 4.94. The van der Waals surface area contributed by atoms with Gasteiger partial charge in [-0.05, 0) is 56.3 Å². The van der Waals surface area contributed by atoms with Crippen LogP contribution in [-0.4, -0.2) is 105 Å². The normalized spacial score (nSPS) is 19.0. The molecule has 13 heteroatoms. The fourth-order valence-corrected chi connectivity index (χ4v) is 6.35. The number of anilines is 2. The summed E-state index contributed by atoms with van der Waals surface area (Å²) in [6.45, 7) is 3.79. The van der Waals surface area contributed by atoms with Crippen LogP contribution in [0.3, 0.4) is 0 Å². The van der Waals surface area contributed by atoms with Gasteiger partial charge in [-0.3, -0.25) is 28.4 Å². The predicted octanol–water partition coefficient (Wildman–Crippen LogP) is 3.38. The molecule has 2 aliphatic heterocycles. The Bertz CT molecular complexity index is 1190. The Kier molecular flexibility index (Phi) is 11.0. The third kappa shape index (κ3) is 9.66. The number of aromatic nitrogens is 1. The lowest BCUT2D eigenvalue weighted by Gasteiger charge is -2.41. The second kappa shape index (κ2) is 14.4.